The molecule has 1 aliphatic rings. The van der Waals surface area contributed by atoms with Crippen molar-refractivity contribution in [2.24, 2.45) is 5.73 Å². The number of hydrogen-bond acceptors (Lipinski definition) is 6. The van der Waals surface area contributed by atoms with Gasteiger partial charge in [0.2, 0.25) is 6.79 Å². The van der Waals surface area contributed by atoms with Crippen LogP contribution in [0.1, 0.15) is 11.1 Å². The Kier molecular flexibility index (Phi) is 3.24. The molecule has 2 N–H and O–H groups in total. The van der Waals surface area contributed by atoms with Gasteiger partial charge in [0.15, 0.2) is 11.5 Å². The average Bonchev–Trinajstić information content (AvgIpc) is 3.07. The van der Waals surface area contributed by atoms with Crippen molar-refractivity contribution >= 4 is 0 Å². The van der Waals surface area contributed by atoms with E-state index in [-0.39, 0.29) is 6.79 Å². The van der Waals surface area contributed by atoms with E-state index in [0.29, 0.717) is 18.9 Å². The molecule has 3 rings (SSSR count). The number of aromatic nitrogens is 1. The summed E-state index contributed by atoms with van der Waals surface area (Å²) in [5, 5.41) is 3.63. The third-order valence-corrected chi connectivity index (χ3v) is 2.85. The van der Waals surface area contributed by atoms with Gasteiger partial charge < -0.3 is 24.5 Å². The van der Waals surface area contributed by atoms with Crippen LogP contribution in [-0.2, 0) is 13.0 Å². The second-order valence-corrected chi connectivity index (χ2v) is 4.17. The van der Waals surface area contributed by atoms with Crippen LogP contribution < -0.4 is 19.9 Å². The fourth-order valence-corrected chi connectivity index (χ4v) is 1.91. The normalized spacial score (nSPS) is 12.7. The maximum absolute atomic E-state index is 5.77. The third-order valence-electron chi connectivity index (χ3n) is 2.85. The van der Waals surface area contributed by atoms with Crippen LogP contribution in [0.25, 0.3) is 0 Å². The smallest absolute Gasteiger partial charge is 0.231 e. The van der Waals surface area contributed by atoms with Crippen LogP contribution in [-0.4, -0.2) is 18.5 Å². The number of nitrogens with two attached hydrogens (primary N) is 1. The Morgan fingerprint density at radius 2 is 2.11 bits per heavy atom. The standard InChI is InChI=1S/C13H14N2O4/c14-2-1-10-3-12-13(18-8-17-12)4-11(10)16-6-9-5-15-19-7-9/h3-5,7H,1-2,6,8,14H2. The first-order valence-corrected chi connectivity index (χ1v) is 6.00. The summed E-state index contributed by atoms with van der Waals surface area (Å²) >= 11 is 0. The lowest BCUT2D eigenvalue weighted by Crippen LogP contribution is -2.05. The van der Waals surface area contributed by atoms with Gasteiger partial charge in [-0.15, -0.1) is 0 Å². The Labute approximate surface area is 110 Å². The first kappa shape index (κ1) is 11.9. The van der Waals surface area contributed by atoms with Crippen LogP contribution in [0.2, 0.25) is 0 Å². The molecule has 2 heterocycles. The molecule has 0 fully saturated rings. The van der Waals surface area contributed by atoms with Gasteiger partial charge >= 0.3 is 0 Å². The SMILES string of the molecule is NCCc1cc2c(cc1OCc1cnoc1)OCO2. The molecule has 19 heavy (non-hydrogen) atoms. The van der Waals surface area contributed by atoms with Crippen LogP contribution in [0, 0.1) is 0 Å². The van der Waals surface area contributed by atoms with Crippen molar-refractivity contribution in [2.75, 3.05) is 13.3 Å². The Hall–Kier alpha value is -2.21. The lowest BCUT2D eigenvalue weighted by molar-refractivity contribution is 0.173. The van der Waals surface area contributed by atoms with Gasteiger partial charge in [-0.1, -0.05) is 5.16 Å². The fourth-order valence-electron chi connectivity index (χ4n) is 1.91. The van der Waals surface area contributed by atoms with Crippen LogP contribution >= 0.6 is 0 Å². The molecule has 1 aromatic carbocycles. The Balaban J connectivity index is 1.82. The average molecular weight is 262 g/mol. The second kappa shape index (κ2) is 5.19. The summed E-state index contributed by atoms with van der Waals surface area (Å²) in [7, 11) is 0. The molecule has 100 valence electrons. The highest BCUT2D eigenvalue weighted by atomic mass is 16.7. The number of ether oxygens (including phenoxy) is 3. The fraction of sp³-hybridized carbons (Fsp3) is 0.308. The van der Waals surface area contributed by atoms with Gasteiger partial charge in [-0.2, -0.15) is 0 Å². The lowest BCUT2D eigenvalue weighted by Gasteiger charge is -2.11. The lowest BCUT2D eigenvalue weighted by atomic mass is 10.1. The molecule has 0 atom stereocenters. The van der Waals surface area contributed by atoms with Crippen molar-refractivity contribution in [3.8, 4) is 17.2 Å². The predicted molar refractivity (Wildman–Crippen MR) is 66.2 cm³/mol. The molecule has 2 aromatic rings. The molecule has 0 radical (unpaired) electrons. The molecule has 6 heteroatoms. The topological polar surface area (TPSA) is 79.7 Å². The molecular formula is C13H14N2O4. The van der Waals surface area contributed by atoms with E-state index < -0.39 is 0 Å². The second-order valence-electron chi connectivity index (χ2n) is 4.17. The first-order valence-electron chi connectivity index (χ1n) is 6.00. The van der Waals surface area contributed by atoms with E-state index in [4.69, 9.17) is 24.5 Å². The summed E-state index contributed by atoms with van der Waals surface area (Å²) in [4.78, 5) is 0. The number of hydrogen-bond donors (Lipinski definition) is 1. The summed E-state index contributed by atoms with van der Waals surface area (Å²) in [5.74, 6) is 2.18. The van der Waals surface area contributed by atoms with Crippen molar-refractivity contribution in [3.05, 3.63) is 35.7 Å². The Morgan fingerprint density at radius 3 is 2.84 bits per heavy atom. The summed E-state index contributed by atoms with van der Waals surface area (Å²) in [5.41, 5.74) is 7.49. The van der Waals surface area contributed by atoms with E-state index in [2.05, 4.69) is 5.16 Å². The highest BCUT2D eigenvalue weighted by molar-refractivity contribution is 5.52. The van der Waals surface area contributed by atoms with Gasteiger partial charge in [0.05, 0.1) is 6.20 Å². The van der Waals surface area contributed by atoms with Gasteiger partial charge in [0.25, 0.3) is 0 Å². The Bertz CT molecular complexity index is 554. The molecule has 0 bridgehead atoms. The zero-order valence-corrected chi connectivity index (χ0v) is 10.3. The minimum atomic E-state index is 0.243. The summed E-state index contributed by atoms with van der Waals surface area (Å²) in [6, 6.07) is 3.75. The van der Waals surface area contributed by atoms with E-state index in [9.17, 15) is 0 Å². The van der Waals surface area contributed by atoms with Crippen LogP contribution in [0.4, 0.5) is 0 Å². The van der Waals surface area contributed by atoms with Crippen LogP contribution in [0.15, 0.2) is 29.1 Å². The monoisotopic (exact) mass is 262 g/mol. The zero-order valence-electron chi connectivity index (χ0n) is 10.3. The van der Waals surface area contributed by atoms with E-state index in [1.165, 1.54) is 0 Å². The van der Waals surface area contributed by atoms with E-state index in [1.54, 1.807) is 12.5 Å². The summed E-state index contributed by atoms with van der Waals surface area (Å²) in [6.45, 7) is 1.18. The van der Waals surface area contributed by atoms with Gasteiger partial charge in [-0.3, -0.25) is 0 Å². The van der Waals surface area contributed by atoms with Gasteiger partial charge in [-0.25, -0.2) is 0 Å². The van der Waals surface area contributed by atoms with Crippen molar-refractivity contribution in [1.29, 1.82) is 0 Å². The van der Waals surface area contributed by atoms with E-state index in [0.717, 1.165) is 29.0 Å². The maximum Gasteiger partial charge on any atom is 0.231 e. The molecule has 0 spiro atoms. The van der Waals surface area contributed by atoms with Gasteiger partial charge in [0, 0.05) is 11.6 Å². The predicted octanol–water partition coefficient (Wildman–Crippen LogP) is 1.48. The molecule has 1 aromatic heterocycles. The van der Waals surface area contributed by atoms with Crippen molar-refractivity contribution in [2.45, 2.75) is 13.0 Å². The minimum absolute atomic E-state index is 0.243. The first-order chi connectivity index (χ1) is 9.36. The van der Waals surface area contributed by atoms with Crippen molar-refractivity contribution < 1.29 is 18.7 Å². The molecule has 0 amide bonds. The van der Waals surface area contributed by atoms with E-state index in [1.807, 2.05) is 12.1 Å². The van der Waals surface area contributed by atoms with E-state index >= 15 is 0 Å². The zero-order chi connectivity index (χ0) is 13.1. The number of rotatable bonds is 5. The highest BCUT2D eigenvalue weighted by Crippen LogP contribution is 2.38. The van der Waals surface area contributed by atoms with Crippen LogP contribution in [0.3, 0.4) is 0 Å². The third kappa shape index (κ3) is 2.48. The highest BCUT2D eigenvalue weighted by Gasteiger charge is 2.18. The summed E-state index contributed by atoms with van der Waals surface area (Å²) < 4.78 is 21.2. The van der Waals surface area contributed by atoms with Gasteiger partial charge in [0.1, 0.15) is 18.6 Å². The number of fused-ring (bicyclic) bond motifs is 1. The number of benzene rings is 1. The quantitative estimate of drug-likeness (QED) is 0.879. The molecule has 0 unspecified atom stereocenters. The molecule has 1 aliphatic heterocycles. The minimum Gasteiger partial charge on any atom is -0.488 e. The largest absolute Gasteiger partial charge is 0.488 e. The molecule has 0 aliphatic carbocycles. The molecule has 0 saturated carbocycles. The molecule has 6 nitrogen and oxygen atoms in total. The molecule has 0 saturated heterocycles. The summed E-state index contributed by atoms with van der Waals surface area (Å²) in [6.07, 6.45) is 3.89. The van der Waals surface area contributed by atoms with Gasteiger partial charge in [-0.05, 0) is 24.6 Å². The number of nitrogens with zero attached hydrogens (tertiary/aromatic N) is 1. The molecular weight excluding hydrogens is 248 g/mol. The maximum atomic E-state index is 5.77. The van der Waals surface area contributed by atoms with Crippen molar-refractivity contribution in [3.63, 3.8) is 0 Å². The van der Waals surface area contributed by atoms with Crippen molar-refractivity contribution in [1.82, 2.24) is 5.16 Å². The van der Waals surface area contributed by atoms with Crippen LogP contribution in [0.5, 0.6) is 17.2 Å². The Morgan fingerprint density at radius 1 is 1.26 bits per heavy atom.